The van der Waals surface area contributed by atoms with Crippen molar-refractivity contribution in [1.82, 2.24) is 15.1 Å². The number of nitrogens with zero attached hydrogens (tertiary/aromatic N) is 2. The van der Waals surface area contributed by atoms with Crippen molar-refractivity contribution in [2.24, 2.45) is 5.92 Å². The molecular formula is C16H30ClN3O2S. The average molecular weight is 364 g/mol. The molecule has 2 aliphatic heterocycles. The number of carbonyl (C=O) groups excluding carboxylic acids is 2. The number of nitrogens with one attached hydrogen (secondary N) is 1. The third-order valence-corrected chi connectivity index (χ3v) is 5.57. The molecule has 5 nitrogen and oxygen atoms in total. The predicted octanol–water partition coefficient (Wildman–Crippen LogP) is 1.96. The van der Waals surface area contributed by atoms with Gasteiger partial charge in [-0.3, -0.25) is 9.59 Å². The summed E-state index contributed by atoms with van der Waals surface area (Å²) in [5.41, 5.74) is 0. The second kappa shape index (κ2) is 10.4. The molecule has 1 atom stereocenters. The lowest BCUT2D eigenvalue weighted by atomic mass is 9.96. The Labute approximate surface area is 150 Å². The Hall–Kier alpha value is -0.460. The minimum absolute atomic E-state index is 0. The number of hydrogen-bond acceptors (Lipinski definition) is 4. The zero-order valence-corrected chi connectivity index (χ0v) is 15.9. The molecule has 2 rings (SSSR count). The summed E-state index contributed by atoms with van der Waals surface area (Å²) in [5.74, 6) is 2.40. The highest BCUT2D eigenvalue weighted by Gasteiger charge is 2.37. The van der Waals surface area contributed by atoms with E-state index in [0.29, 0.717) is 18.2 Å². The van der Waals surface area contributed by atoms with Crippen LogP contribution in [0, 0.1) is 5.92 Å². The first-order valence-corrected chi connectivity index (χ1v) is 9.69. The fourth-order valence-electron chi connectivity index (χ4n) is 3.17. The van der Waals surface area contributed by atoms with Gasteiger partial charge in [0.1, 0.15) is 6.04 Å². The summed E-state index contributed by atoms with van der Waals surface area (Å²) in [6.07, 6.45) is 3.54. The monoisotopic (exact) mass is 363 g/mol. The topological polar surface area (TPSA) is 52.7 Å². The van der Waals surface area contributed by atoms with E-state index in [0.717, 1.165) is 51.2 Å². The molecule has 0 aromatic heterocycles. The molecule has 0 spiro atoms. The molecule has 2 aliphatic rings. The van der Waals surface area contributed by atoms with Crippen LogP contribution >= 0.6 is 24.2 Å². The molecule has 2 fully saturated rings. The summed E-state index contributed by atoms with van der Waals surface area (Å²) in [6.45, 7) is 7.87. The van der Waals surface area contributed by atoms with E-state index in [4.69, 9.17) is 0 Å². The number of carbonyl (C=O) groups is 2. The van der Waals surface area contributed by atoms with Gasteiger partial charge in [0.15, 0.2) is 0 Å². The Morgan fingerprint density at radius 1 is 1.22 bits per heavy atom. The van der Waals surface area contributed by atoms with E-state index >= 15 is 0 Å². The first-order chi connectivity index (χ1) is 10.7. The van der Waals surface area contributed by atoms with Crippen LogP contribution in [0.5, 0.6) is 0 Å². The number of piperidine rings is 1. The lowest BCUT2D eigenvalue weighted by molar-refractivity contribution is -0.144. The van der Waals surface area contributed by atoms with Gasteiger partial charge >= 0.3 is 0 Å². The normalized spacial score (nSPS) is 22.1. The molecule has 0 aromatic rings. The van der Waals surface area contributed by atoms with Gasteiger partial charge in [-0.1, -0.05) is 13.8 Å². The van der Waals surface area contributed by atoms with Gasteiger partial charge in [0.2, 0.25) is 11.8 Å². The van der Waals surface area contributed by atoms with Crippen molar-refractivity contribution in [3.05, 3.63) is 0 Å². The van der Waals surface area contributed by atoms with Gasteiger partial charge in [0.05, 0.1) is 5.88 Å². The molecule has 2 heterocycles. The number of rotatable bonds is 6. The Balaban J connectivity index is 0.00000264. The first kappa shape index (κ1) is 20.6. The Kier molecular flexibility index (Phi) is 9.32. The number of thioether (sulfide) groups is 1. The standard InChI is InChI=1S/C16H29N3O2S.ClH/c1-3-5-15(20)19-12-22-11-14(19)16(21)18-8-6-13(7-9-18)10-17-4-2;/h13-14,17H,3-12H2,1-2H3;1H. The van der Waals surface area contributed by atoms with Gasteiger partial charge in [-0.25, -0.2) is 0 Å². The molecule has 0 aliphatic carbocycles. The maximum Gasteiger partial charge on any atom is 0.246 e. The van der Waals surface area contributed by atoms with Crippen LogP contribution in [0.2, 0.25) is 0 Å². The predicted molar refractivity (Wildman–Crippen MR) is 98.0 cm³/mol. The second-order valence-electron chi connectivity index (χ2n) is 6.21. The molecule has 7 heteroatoms. The van der Waals surface area contributed by atoms with E-state index in [1.54, 1.807) is 16.7 Å². The summed E-state index contributed by atoms with van der Waals surface area (Å²) in [7, 11) is 0. The van der Waals surface area contributed by atoms with Crippen LogP contribution in [0.1, 0.15) is 39.5 Å². The first-order valence-electron chi connectivity index (χ1n) is 8.54. The molecule has 134 valence electrons. The van der Waals surface area contributed by atoms with Crippen molar-refractivity contribution in [3.8, 4) is 0 Å². The minimum Gasteiger partial charge on any atom is -0.341 e. The van der Waals surface area contributed by atoms with Crippen LogP contribution in [0.25, 0.3) is 0 Å². The molecule has 2 amide bonds. The van der Waals surface area contributed by atoms with Gasteiger partial charge in [0.25, 0.3) is 0 Å². The van der Waals surface area contributed by atoms with Crippen LogP contribution < -0.4 is 5.32 Å². The van der Waals surface area contributed by atoms with Gasteiger partial charge in [-0.05, 0) is 38.3 Å². The fourth-order valence-corrected chi connectivity index (χ4v) is 4.34. The highest BCUT2D eigenvalue weighted by atomic mass is 35.5. The van der Waals surface area contributed by atoms with E-state index in [9.17, 15) is 9.59 Å². The SMILES string of the molecule is CCCC(=O)N1CSCC1C(=O)N1CCC(CNCC)CC1.Cl. The van der Waals surface area contributed by atoms with Gasteiger partial charge < -0.3 is 15.1 Å². The van der Waals surface area contributed by atoms with Crippen molar-refractivity contribution >= 4 is 36.0 Å². The van der Waals surface area contributed by atoms with Crippen molar-refractivity contribution in [1.29, 1.82) is 0 Å². The van der Waals surface area contributed by atoms with Crippen molar-refractivity contribution in [2.45, 2.75) is 45.6 Å². The quantitative estimate of drug-likeness (QED) is 0.783. The molecule has 0 bridgehead atoms. The number of halogens is 1. The molecule has 1 N–H and O–H groups in total. The summed E-state index contributed by atoms with van der Waals surface area (Å²) < 4.78 is 0. The van der Waals surface area contributed by atoms with Crippen molar-refractivity contribution < 1.29 is 9.59 Å². The maximum absolute atomic E-state index is 12.7. The molecule has 0 radical (unpaired) electrons. The molecule has 2 saturated heterocycles. The summed E-state index contributed by atoms with van der Waals surface area (Å²) in [6, 6.07) is -0.227. The highest BCUT2D eigenvalue weighted by molar-refractivity contribution is 7.99. The lowest BCUT2D eigenvalue weighted by Gasteiger charge is -2.35. The molecule has 0 aromatic carbocycles. The number of amides is 2. The number of hydrogen-bond donors (Lipinski definition) is 1. The van der Waals surface area contributed by atoms with E-state index in [1.807, 2.05) is 11.8 Å². The van der Waals surface area contributed by atoms with Crippen LogP contribution in [0.3, 0.4) is 0 Å². The van der Waals surface area contributed by atoms with Crippen LogP contribution in [-0.2, 0) is 9.59 Å². The van der Waals surface area contributed by atoms with Crippen molar-refractivity contribution in [2.75, 3.05) is 37.8 Å². The van der Waals surface area contributed by atoms with Crippen LogP contribution in [-0.4, -0.2) is 65.5 Å². The molecular weight excluding hydrogens is 334 g/mol. The number of likely N-dealkylation sites (tertiary alicyclic amines) is 1. The summed E-state index contributed by atoms with van der Waals surface area (Å²) in [5, 5.41) is 3.39. The largest absolute Gasteiger partial charge is 0.341 e. The zero-order valence-electron chi connectivity index (χ0n) is 14.3. The Bertz CT molecular complexity index is 390. The van der Waals surface area contributed by atoms with E-state index < -0.39 is 0 Å². The highest BCUT2D eigenvalue weighted by Crippen LogP contribution is 2.25. The minimum atomic E-state index is -0.227. The third kappa shape index (κ3) is 5.54. The Morgan fingerprint density at radius 3 is 2.52 bits per heavy atom. The smallest absolute Gasteiger partial charge is 0.246 e. The lowest BCUT2D eigenvalue weighted by Crippen LogP contribution is -2.51. The Morgan fingerprint density at radius 2 is 1.91 bits per heavy atom. The summed E-state index contributed by atoms with van der Waals surface area (Å²) >= 11 is 1.70. The second-order valence-corrected chi connectivity index (χ2v) is 7.21. The van der Waals surface area contributed by atoms with E-state index in [-0.39, 0.29) is 30.3 Å². The zero-order chi connectivity index (χ0) is 15.9. The van der Waals surface area contributed by atoms with Gasteiger partial charge in [-0.15, -0.1) is 24.2 Å². The van der Waals surface area contributed by atoms with Gasteiger partial charge in [-0.2, -0.15) is 0 Å². The van der Waals surface area contributed by atoms with E-state index in [2.05, 4.69) is 12.2 Å². The van der Waals surface area contributed by atoms with Gasteiger partial charge in [0, 0.05) is 25.3 Å². The third-order valence-electron chi connectivity index (χ3n) is 4.56. The molecule has 23 heavy (non-hydrogen) atoms. The van der Waals surface area contributed by atoms with E-state index in [1.165, 1.54) is 0 Å². The fraction of sp³-hybridized carbons (Fsp3) is 0.875. The van der Waals surface area contributed by atoms with Crippen LogP contribution in [0.4, 0.5) is 0 Å². The summed E-state index contributed by atoms with van der Waals surface area (Å²) in [4.78, 5) is 28.7. The maximum atomic E-state index is 12.7. The molecule has 1 unspecified atom stereocenters. The average Bonchev–Trinajstić information content (AvgIpc) is 3.02. The molecule has 0 saturated carbocycles. The van der Waals surface area contributed by atoms with Crippen molar-refractivity contribution in [3.63, 3.8) is 0 Å². The van der Waals surface area contributed by atoms with Crippen LogP contribution in [0.15, 0.2) is 0 Å².